The zero-order valence-corrected chi connectivity index (χ0v) is 15.5. The highest BCUT2D eigenvalue weighted by Crippen LogP contribution is 2.39. The average Bonchev–Trinajstić information content (AvgIpc) is 2.67. The number of fused-ring (bicyclic) bond motifs is 1. The Balaban J connectivity index is 2.03. The molecule has 2 heterocycles. The van der Waals surface area contributed by atoms with Gasteiger partial charge in [0.25, 0.3) is 6.43 Å². The van der Waals surface area contributed by atoms with Gasteiger partial charge in [0.2, 0.25) is 0 Å². The summed E-state index contributed by atoms with van der Waals surface area (Å²) < 4.78 is 32.6. The number of halogens is 2. The molecule has 0 saturated heterocycles. The second-order valence-corrected chi connectivity index (χ2v) is 6.89. The molecule has 1 unspecified atom stereocenters. The molecular weight excluding hydrogens is 336 g/mol. The molecule has 4 nitrogen and oxygen atoms in total. The van der Waals surface area contributed by atoms with E-state index in [9.17, 15) is 8.78 Å². The molecule has 3 rings (SSSR count). The van der Waals surface area contributed by atoms with Crippen LogP contribution < -0.4 is 9.64 Å². The third-order valence-corrected chi connectivity index (χ3v) is 5.05. The first-order valence-electron chi connectivity index (χ1n) is 9.09. The number of aryl methyl sites for hydroxylation is 1. The summed E-state index contributed by atoms with van der Waals surface area (Å²) in [6, 6.07) is 3.79. The molecule has 2 aromatic rings. The lowest BCUT2D eigenvalue weighted by molar-refractivity contribution is 0.152. The van der Waals surface area contributed by atoms with Crippen LogP contribution in [0.1, 0.15) is 44.2 Å². The zero-order valence-electron chi connectivity index (χ0n) is 15.5. The second kappa shape index (κ2) is 7.98. The summed E-state index contributed by atoms with van der Waals surface area (Å²) in [6.07, 6.45) is 3.55. The van der Waals surface area contributed by atoms with Gasteiger partial charge in [0.15, 0.2) is 0 Å². The molecule has 1 aromatic heterocycles. The minimum Gasteiger partial charge on any atom is -0.467 e. The Hall–Kier alpha value is -2.24. The SMILES string of the molecule is CCC(C)CN1CCCc2cc(-c3cnc(OC)nc3)c(C(F)F)cc21. The fourth-order valence-corrected chi connectivity index (χ4v) is 3.41. The smallest absolute Gasteiger partial charge is 0.316 e. The first kappa shape index (κ1) is 18.5. The Morgan fingerprint density at radius 3 is 2.58 bits per heavy atom. The van der Waals surface area contributed by atoms with Crippen LogP contribution in [0.2, 0.25) is 0 Å². The number of methoxy groups -OCH3 is 1. The first-order chi connectivity index (χ1) is 12.5. The number of anilines is 1. The van der Waals surface area contributed by atoms with E-state index >= 15 is 0 Å². The van der Waals surface area contributed by atoms with E-state index in [1.165, 1.54) is 7.11 Å². The summed E-state index contributed by atoms with van der Waals surface area (Å²) in [4.78, 5) is 10.4. The van der Waals surface area contributed by atoms with Crippen LogP contribution in [-0.4, -0.2) is 30.2 Å². The molecule has 1 aliphatic heterocycles. The molecule has 1 aliphatic rings. The number of rotatable bonds is 6. The lowest BCUT2D eigenvalue weighted by Gasteiger charge is -2.34. The van der Waals surface area contributed by atoms with Crippen LogP contribution in [0.3, 0.4) is 0 Å². The van der Waals surface area contributed by atoms with Crippen molar-refractivity contribution in [1.29, 1.82) is 0 Å². The van der Waals surface area contributed by atoms with Crippen LogP contribution in [-0.2, 0) is 6.42 Å². The fraction of sp³-hybridized carbons (Fsp3) is 0.500. The molecule has 0 bridgehead atoms. The summed E-state index contributed by atoms with van der Waals surface area (Å²) in [5.74, 6) is 0.533. The van der Waals surface area contributed by atoms with E-state index in [-0.39, 0.29) is 11.6 Å². The van der Waals surface area contributed by atoms with Crippen molar-refractivity contribution in [3.05, 3.63) is 35.7 Å². The quantitative estimate of drug-likeness (QED) is 0.734. The predicted molar refractivity (Wildman–Crippen MR) is 99.0 cm³/mol. The van der Waals surface area contributed by atoms with Crippen molar-refractivity contribution < 1.29 is 13.5 Å². The van der Waals surface area contributed by atoms with Gasteiger partial charge in [-0.25, -0.2) is 18.7 Å². The Bertz CT molecular complexity index is 749. The molecule has 26 heavy (non-hydrogen) atoms. The summed E-state index contributed by atoms with van der Waals surface area (Å²) in [5.41, 5.74) is 3.20. The van der Waals surface area contributed by atoms with Gasteiger partial charge < -0.3 is 9.64 Å². The molecule has 0 spiro atoms. The summed E-state index contributed by atoms with van der Waals surface area (Å²) in [5, 5.41) is 0. The molecule has 0 fully saturated rings. The normalized spacial score (nSPS) is 15.1. The largest absolute Gasteiger partial charge is 0.467 e. The Morgan fingerprint density at radius 2 is 1.96 bits per heavy atom. The van der Waals surface area contributed by atoms with Crippen molar-refractivity contribution in [3.8, 4) is 17.1 Å². The van der Waals surface area contributed by atoms with Crippen molar-refractivity contribution >= 4 is 5.69 Å². The Morgan fingerprint density at radius 1 is 1.23 bits per heavy atom. The highest BCUT2D eigenvalue weighted by Gasteiger charge is 2.24. The topological polar surface area (TPSA) is 38.2 Å². The lowest BCUT2D eigenvalue weighted by atomic mass is 9.92. The van der Waals surface area contributed by atoms with Crippen molar-refractivity contribution in [2.24, 2.45) is 5.92 Å². The summed E-state index contributed by atoms with van der Waals surface area (Å²) in [7, 11) is 1.48. The average molecular weight is 361 g/mol. The van der Waals surface area contributed by atoms with Gasteiger partial charge in [-0.3, -0.25) is 0 Å². The molecular formula is C20H25F2N3O. The van der Waals surface area contributed by atoms with Crippen molar-refractivity contribution in [2.45, 2.75) is 39.5 Å². The van der Waals surface area contributed by atoms with Crippen LogP contribution >= 0.6 is 0 Å². The van der Waals surface area contributed by atoms with Gasteiger partial charge in [0.05, 0.1) is 7.11 Å². The second-order valence-electron chi connectivity index (χ2n) is 6.89. The van der Waals surface area contributed by atoms with Crippen LogP contribution in [0.25, 0.3) is 11.1 Å². The molecule has 0 amide bonds. The number of benzene rings is 1. The number of hydrogen-bond acceptors (Lipinski definition) is 4. The van der Waals surface area contributed by atoms with Crippen molar-refractivity contribution in [2.75, 3.05) is 25.1 Å². The van der Waals surface area contributed by atoms with Crippen molar-refractivity contribution in [3.63, 3.8) is 0 Å². The van der Waals surface area contributed by atoms with Crippen LogP contribution in [0.15, 0.2) is 24.5 Å². The monoisotopic (exact) mass is 361 g/mol. The number of ether oxygens (including phenoxy) is 1. The predicted octanol–water partition coefficient (Wildman–Crippen LogP) is 4.89. The molecule has 0 radical (unpaired) electrons. The number of nitrogens with zero attached hydrogens (tertiary/aromatic N) is 3. The third-order valence-electron chi connectivity index (χ3n) is 5.05. The minimum absolute atomic E-state index is 0.0357. The Kier molecular flexibility index (Phi) is 5.69. The summed E-state index contributed by atoms with van der Waals surface area (Å²) >= 11 is 0. The van der Waals surface area contributed by atoms with E-state index in [0.29, 0.717) is 17.0 Å². The maximum absolute atomic E-state index is 13.8. The third kappa shape index (κ3) is 3.79. The number of alkyl halides is 2. The van der Waals surface area contributed by atoms with E-state index in [1.54, 1.807) is 18.5 Å². The van der Waals surface area contributed by atoms with E-state index in [1.807, 2.05) is 6.07 Å². The first-order valence-corrected chi connectivity index (χ1v) is 9.09. The maximum Gasteiger partial charge on any atom is 0.316 e. The van der Waals surface area contributed by atoms with Crippen LogP contribution in [0.4, 0.5) is 14.5 Å². The maximum atomic E-state index is 13.8. The van der Waals surface area contributed by atoms with Crippen LogP contribution in [0, 0.1) is 5.92 Å². The Labute approximate surface area is 153 Å². The van der Waals surface area contributed by atoms with Gasteiger partial charge in [-0.05, 0) is 42.0 Å². The zero-order chi connectivity index (χ0) is 18.7. The van der Waals surface area contributed by atoms with Gasteiger partial charge in [0.1, 0.15) is 0 Å². The molecule has 0 aliphatic carbocycles. The molecule has 0 N–H and O–H groups in total. The summed E-state index contributed by atoms with van der Waals surface area (Å²) in [6.45, 7) is 6.18. The van der Waals surface area contributed by atoms with E-state index < -0.39 is 6.43 Å². The molecule has 0 saturated carbocycles. The van der Waals surface area contributed by atoms with Gasteiger partial charge in [-0.2, -0.15) is 0 Å². The number of hydrogen-bond donors (Lipinski definition) is 0. The van der Waals surface area contributed by atoms with E-state index in [0.717, 1.165) is 43.6 Å². The van der Waals surface area contributed by atoms with E-state index in [4.69, 9.17) is 4.74 Å². The minimum atomic E-state index is -2.55. The standard InChI is InChI=1S/C20H25F2N3O/c1-4-13(2)12-25-7-5-6-14-8-16(17(19(21)22)9-18(14)25)15-10-23-20(26-3)24-11-15/h8-11,13,19H,4-7,12H2,1-3H3. The van der Waals surface area contributed by atoms with E-state index in [2.05, 4.69) is 28.7 Å². The number of aromatic nitrogens is 2. The molecule has 1 atom stereocenters. The van der Waals surface area contributed by atoms with Gasteiger partial charge in [-0.1, -0.05) is 20.3 Å². The fourth-order valence-electron chi connectivity index (χ4n) is 3.41. The molecule has 6 heteroatoms. The van der Waals surface area contributed by atoms with Crippen LogP contribution in [0.5, 0.6) is 6.01 Å². The molecule has 1 aromatic carbocycles. The lowest BCUT2D eigenvalue weighted by Crippen LogP contribution is -2.33. The van der Waals surface area contributed by atoms with Crippen molar-refractivity contribution in [1.82, 2.24) is 9.97 Å². The van der Waals surface area contributed by atoms with Gasteiger partial charge in [-0.15, -0.1) is 0 Å². The van der Waals surface area contributed by atoms with Gasteiger partial charge in [0, 0.05) is 42.3 Å². The highest BCUT2D eigenvalue weighted by atomic mass is 19.3. The van der Waals surface area contributed by atoms with Gasteiger partial charge >= 0.3 is 6.01 Å². The highest BCUT2D eigenvalue weighted by molar-refractivity contribution is 5.73. The molecule has 140 valence electrons.